The van der Waals surface area contributed by atoms with Crippen LogP contribution in [0.4, 0.5) is 0 Å². The second-order valence-electron chi connectivity index (χ2n) is 5.44. The van der Waals surface area contributed by atoms with E-state index in [9.17, 15) is 4.79 Å². The zero-order valence-electron chi connectivity index (χ0n) is 13.2. The second kappa shape index (κ2) is 9.32. The number of carboxylic acids is 1. The summed E-state index contributed by atoms with van der Waals surface area (Å²) in [7, 11) is 4.18. The summed E-state index contributed by atoms with van der Waals surface area (Å²) in [5.74, 6) is -0.917. The molecule has 1 rings (SSSR count). The zero-order valence-corrected chi connectivity index (χ0v) is 13.2. The first-order valence-corrected chi connectivity index (χ1v) is 7.38. The molecule has 0 atom stereocenters. The Balaban J connectivity index is 2.59. The Morgan fingerprint density at radius 2 is 2.05 bits per heavy atom. The molecule has 0 saturated carbocycles. The molecular weight excluding hydrogens is 264 g/mol. The Hall–Kier alpha value is -1.65. The van der Waals surface area contributed by atoms with Crippen LogP contribution in [-0.4, -0.2) is 54.6 Å². The van der Waals surface area contributed by atoms with Gasteiger partial charge in [0.1, 0.15) is 0 Å². The zero-order chi connectivity index (χ0) is 15.7. The molecule has 0 aliphatic carbocycles. The van der Waals surface area contributed by atoms with E-state index in [1.165, 1.54) is 11.6 Å². The molecule has 0 spiro atoms. The fraction of sp³-hybridized carbons (Fsp3) is 0.471. The number of hydrogen-bond acceptors (Lipinski definition) is 3. The van der Waals surface area contributed by atoms with E-state index < -0.39 is 5.97 Å². The van der Waals surface area contributed by atoms with Crippen LogP contribution in [0.15, 0.2) is 30.3 Å². The van der Waals surface area contributed by atoms with Gasteiger partial charge in [-0.15, -0.1) is 0 Å². The highest BCUT2D eigenvalue weighted by Crippen LogP contribution is 2.10. The average Bonchev–Trinajstić information content (AvgIpc) is 2.44. The normalized spacial score (nSPS) is 11.7. The van der Waals surface area contributed by atoms with Gasteiger partial charge in [0.05, 0.1) is 0 Å². The van der Waals surface area contributed by atoms with Crippen LogP contribution >= 0.6 is 0 Å². The van der Waals surface area contributed by atoms with Crippen LogP contribution in [0.5, 0.6) is 0 Å². The SMILES string of the molecule is CCN(CCCN(C)C)Cc1cccc(/C=C/C(=O)O)c1. The molecule has 0 radical (unpaired) electrons. The lowest BCUT2D eigenvalue weighted by Gasteiger charge is -2.21. The van der Waals surface area contributed by atoms with Crippen molar-refractivity contribution in [3.63, 3.8) is 0 Å². The van der Waals surface area contributed by atoms with Crippen molar-refractivity contribution in [1.29, 1.82) is 0 Å². The number of carboxylic acid groups (broad SMARTS) is 1. The molecule has 0 saturated heterocycles. The van der Waals surface area contributed by atoms with Crippen molar-refractivity contribution in [3.8, 4) is 0 Å². The van der Waals surface area contributed by atoms with Crippen LogP contribution < -0.4 is 0 Å². The molecule has 21 heavy (non-hydrogen) atoms. The fourth-order valence-corrected chi connectivity index (χ4v) is 2.18. The van der Waals surface area contributed by atoms with Gasteiger partial charge in [-0.3, -0.25) is 4.90 Å². The van der Waals surface area contributed by atoms with Gasteiger partial charge in [0.15, 0.2) is 0 Å². The minimum absolute atomic E-state index is 0.901. The van der Waals surface area contributed by atoms with Crippen LogP contribution in [-0.2, 0) is 11.3 Å². The number of hydrogen-bond donors (Lipinski definition) is 1. The van der Waals surface area contributed by atoms with E-state index in [1.807, 2.05) is 18.2 Å². The Morgan fingerprint density at radius 3 is 2.67 bits per heavy atom. The predicted molar refractivity (Wildman–Crippen MR) is 87.2 cm³/mol. The molecule has 0 bridgehead atoms. The van der Waals surface area contributed by atoms with E-state index >= 15 is 0 Å². The molecule has 0 fully saturated rings. The van der Waals surface area contributed by atoms with Gasteiger partial charge in [-0.05, 0) is 57.4 Å². The Bertz CT molecular complexity index is 470. The average molecular weight is 290 g/mol. The first-order chi connectivity index (χ1) is 10.0. The first kappa shape index (κ1) is 17.4. The number of aliphatic carboxylic acids is 1. The Kier molecular flexibility index (Phi) is 7.72. The molecular formula is C17H26N2O2. The predicted octanol–water partition coefficient (Wildman–Crippen LogP) is 2.56. The van der Waals surface area contributed by atoms with Gasteiger partial charge in [-0.2, -0.15) is 0 Å². The number of rotatable bonds is 9. The van der Waals surface area contributed by atoms with Crippen molar-refractivity contribution >= 4 is 12.0 Å². The lowest BCUT2D eigenvalue weighted by molar-refractivity contribution is -0.131. The van der Waals surface area contributed by atoms with Gasteiger partial charge in [-0.1, -0.05) is 31.2 Å². The van der Waals surface area contributed by atoms with Gasteiger partial charge >= 0.3 is 5.97 Å². The van der Waals surface area contributed by atoms with Crippen molar-refractivity contribution in [2.24, 2.45) is 0 Å². The minimum atomic E-state index is -0.917. The van der Waals surface area contributed by atoms with Gasteiger partial charge in [-0.25, -0.2) is 4.79 Å². The summed E-state index contributed by atoms with van der Waals surface area (Å²) in [6.45, 7) is 6.26. The smallest absolute Gasteiger partial charge is 0.328 e. The molecule has 0 unspecified atom stereocenters. The summed E-state index contributed by atoms with van der Waals surface area (Å²) in [5, 5.41) is 8.67. The Morgan fingerprint density at radius 1 is 1.29 bits per heavy atom. The molecule has 1 N–H and O–H groups in total. The van der Waals surface area contributed by atoms with E-state index in [0.717, 1.165) is 38.2 Å². The topological polar surface area (TPSA) is 43.8 Å². The summed E-state index contributed by atoms with van der Waals surface area (Å²) >= 11 is 0. The molecule has 1 aromatic rings. The highest BCUT2D eigenvalue weighted by Gasteiger charge is 2.04. The number of benzene rings is 1. The maximum Gasteiger partial charge on any atom is 0.328 e. The van der Waals surface area contributed by atoms with E-state index in [2.05, 4.69) is 36.9 Å². The third kappa shape index (κ3) is 7.63. The molecule has 0 amide bonds. The van der Waals surface area contributed by atoms with Crippen molar-refractivity contribution in [2.75, 3.05) is 33.7 Å². The lowest BCUT2D eigenvalue weighted by atomic mass is 10.1. The molecule has 0 aliphatic heterocycles. The van der Waals surface area contributed by atoms with Crippen LogP contribution in [0, 0.1) is 0 Å². The highest BCUT2D eigenvalue weighted by molar-refractivity contribution is 5.85. The van der Waals surface area contributed by atoms with E-state index in [-0.39, 0.29) is 0 Å². The third-order valence-electron chi connectivity index (χ3n) is 3.30. The molecule has 0 heterocycles. The monoisotopic (exact) mass is 290 g/mol. The quantitative estimate of drug-likeness (QED) is 0.710. The number of nitrogens with zero attached hydrogens (tertiary/aromatic N) is 2. The third-order valence-corrected chi connectivity index (χ3v) is 3.30. The maximum atomic E-state index is 10.6. The van der Waals surface area contributed by atoms with Crippen molar-refractivity contribution < 1.29 is 9.90 Å². The van der Waals surface area contributed by atoms with Gasteiger partial charge < -0.3 is 10.0 Å². The maximum absolute atomic E-state index is 10.6. The van der Waals surface area contributed by atoms with Crippen molar-refractivity contribution in [3.05, 3.63) is 41.5 Å². The summed E-state index contributed by atoms with van der Waals surface area (Å²) in [4.78, 5) is 15.2. The summed E-state index contributed by atoms with van der Waals surface area (Å²) in [5.41, 5.74) is 2.15. The van der Waals surface area contributed by atoms with E-state index in [4.69, 9.17) is 5.11 Å². The van der Waals surface area contributed by atoms with Crippen LogP contribution in [0.25, 0.3) is 6.08 Å². The fourth-order valence-electron chi connectivity index (χ4n) is 2.18. The highest BCUT2D eigenvalue weighted by atomic mass is 16.4. The lowest BCUT2D eigenvalue weighted by Crippen LogP contribution is -2.26. The first-order valence-electron chi connectivity index (χ1n) is 7.38. The van der Waals surface area contributed by atoms with Crippen molar-refractivity contribution in [2.45, 2.75) is 19.9 Å². The largest absolute Gasteiger partial charge is 0.478 e. The summed E-state index contributed by atoms with van der Waals surface area (Å²) in [6.07, 6.45) is 3.96. The van der Waals surface area contributed by atoms with Crippen LogP contribution in [0.3, 0.4) is 0 Å². The van der Waals surface area contributed by atoms with E-state index in [0.29, 0.717) is 0 Å². The molecule has 1 aromatic carbocycles. The summed E-state index contributed by atoms with van der Waals surface area (Å²) < 4.78 is 0. The van der Waals surface area contributed by atoms with Crippen LogP contribution in [0.2, 0.25) is 0 Å². The molecule has 116 valence electrons. The van der Waals surface area contributed by atoms with Crippen molar-refractivity contribution in [1.82, 2.24) is 9.80 Å². The number of carbonyl (C=O) groups is 1. The van der Waals surface area contributed by atoms with Crippen LogP contribution in [0.1, 0.15) is 24.5 Å². The Labute approximate surface area is 127 Å². The minimum Gasteiger partial charge on any atom is -0.478 e. The molecule has 4 nitrogen and oxygen atoms in total. The second-order valence-corrected chi connectivity index (χ2v) is 5.44. The summed E-state index contributed by atoms with van der Waals surface area (Å²) in [6, 6.07) is 8.04. The standard InChI is InChI=1S/C17H26N2O2/c1-4-19(12-6-11-18(2)3)14-16-8-5-7-15(13-16)9-10-17(20)21/h5,7-10,13H,4,6,11-12,14H2,1-3H3,(H,20,21)/b10-9+. The molecule has 4 heteroatoms. The molecule has 0 aromatic heterocycles. The van der Waals surface area contributed by atoms with Gasteiger partial charge in [0, 0.05) is 12.6 Å². The van der Waals surface area contributed by atoms with E-state index in [1.54, 1.807) is 6.08 Å². The van der Waals surface area contributed by atoms with Gasteiger partial charge in [0.25, 0.3) is 0 Å². The van der Waals surface area contributed by atoms with Gasteiger partial charge in [0.2, 0.25) is 0 Å². The molecule has 0 aliphatic rings.